The zero-order chi connectivity index (χ0) is 21.5. The van der Waals surface area contributed by atoms with E-state index >= 15 is 0 Å². The monoisotopic (exact) mass is 423 g/mol. The van der Waals surface area contributed by atoms with Gasteiger partial charge >= 0.3 is 0 Å². The lowest BCUT2D eigenvalue weighted by molar-refractivity contribution is -0.0661. The molecule has 2 heterocycles. The van der Waals surface area contributed by atoms with E-state index in [2.05, 4.69) is 62.2 Å². The van der Waals surface area contributed by atoms with Crippen molar-refractivity contribution >= 4 is 34.5 Å². The van der Waals surface area contributed by atoms with Gasteiger partial charge in [-0.25, -0.2) is 4.99 Å². The lowest BCUT2D eigenvalue weighted by Gasteiger charge is -2.48. The van der Waals surface area contributed by atoms with Crippen LogP contribution in [0.25, 0.3) is 0 Å². The normalized spacial score (nSPS) is 22.9. The van der Waals surface area contributed by atoms with E-state index < -0.39 is 5.54 Å². The fraction of sp³-hybridized carbons (Fsp3) is 0.417. The number of ether oxygens (including phenoxy) is 2. The smallest absolute Gasteiger partial charge is 0.202 e. The molecule has 0 amide bonds. The van der Waals surface area contributed by atoms with E-state index in [0.717, 1.165) is 35.8 Å². The molecule has 0 saturated carbocycles. The van der Waals surface area contributed by atoms with E-state index in [0.29, 0.717) is 11.7 Å². The second-order valence-electron chi connectivity index (χ2n) is 8.74. The van der Waals surface area contributed by atoms with Crippen molar-refractivity contribution in [2.45, 2.75) is 51.7 Å². The topological polar surface area (TPSA) is 46.1 Å². The number of hydrogen-bond acceptors (Lipinski definition) is 4. The van der Waals surface area contributed by atoms with Crippen molar-refractivity contribution in [1.29, 1.82) is 0 Å². The highest BCUT2D eigenvalue weighted by Crippen LogP contribution is 2.44. The average molecular weight is 424 g/mol. The van der Waals surface area contributed by atoms with Crippen molar-refractivity contribution in [2.24, 2.45) is 4.99 Å². The first-order valence-electron chi connectivity index (χ1n) is 10.3. The van der Waals surface area contributed by atoms with Crippen molar-refractivity contribution in [3.63, 3.8) is 0 Å². The molecule has 1 fully saturated rings. The standard InChI is InChI=1S/C24H29N3O2S/c1-16-8-6-9-17(2)20(16)25-21-24(12-13-29-23(3,4)15-24)27(22(30)26-21)18-10-7-11-19(14-18)28-5/h6-11,14H,12-13,15H2,1-5H3,(H,25,26,30). The molecule has 0 aliphatic carbocycles. The Labute approximate surface area is 184 Å². The minimum Gasteiger partial charge on any atom is -0.497 e. The van der Waals surface area contributed by atoms with Crippen molar-refractivity contribution < 1.29 is 9.47 Å². The van der Waals surface area contributed by atoms with Crippen LogP contribution in [-0.4, -0.2) is 35.8 Å². The van der Waals surface area contributed by atoms with Gasteiger partial charge in [0.2, 0.25) is 5.11 Å². The minimum atomic E-state index is -0.403. The summed E-state index contributed by atoms with van der Waals surface area (Å²) in [5.41, 5.74) is 3.75. The number of para-hydroxylation sites is 1. The predicted octanol–water partition coefficient (Wildman–Crippen LogP) is 5.26. The van der Waals surface area contributed by atoms with Crippen LogP contribution in [-0.2, 0) is 4.74 Å². The molecule has 1 atom stereocenters. The summed E-state index contributed by atoms with van der Waals surface area (Å²) in [5.74, 6) is 1.69. The molecular weight excluding hydrogens is 394 g/mol. The van der Waals surface area contributed by atoms with Crippen molar-refractivity contribution in [3.8, 4) is 5.75 Å². The molecule has 2 aromatic rings. The molecule has 1 spiro atoms. The molecule has 158 valence electrons. The molecule has 1 N–H and O–H groups in total. The lowest BCUT2D eigenvalue weighted by atomic mass is 9.79. The molecule has 5 nitrogen and oxygen atoms in total. The summed E-state index contributed by atoms with van der Waals surface area (Å²) in [7, 11) is 1.68. The van der Waals surface area contributed by atoms with Gasteiger partial charge in [-0.1, -0.05) is 24.3 Å². The number of nitrogens with one attached hydrogen (secondary N) is 1. The Kier molecular flexibility index (Phi) is 5.32. The van der Waals surface area contributed by atoms with Crippen LogP contribution in [0.4, 0.5) is 11.4 Å². The van der Waals surface area contributed by atoms with Gasteiger partial charge in [0.15, 0.2) is 0 Å². The SMILES string of the molecule is COc1cccc(N2C(=S)N=C(Nc3c(C)cccc3C)C23CCOC(C)(C)C3)c1. The number of methoxy groups -OCH3 is 1. The van der Waals surface area contributed by atoms with Gasteiger partial charge < -0.3 is 19.7 Å². The Morgan fingerprint density at radius 2 is 1.83 bits per heavy atom. The Morgan fingerprint density at radius 1 is 1.13 bits per heavy atom. The molecule has 2 aliphatic heterocycles. The van der Waals surface area contributed by atoms with E-state index in [-0.39, 0.29) is 5.60 Å². The number of rotatable bonds is 3. The molecule has 1 unspecified atom stereocenters. The van der Waals surface area contributed by atoms with Crippen molar-refractivity contribution in [2.75, 3.05) is 23.9 Å². The zero-order valence-electron chi connectivity index (χ0n) is 18.3. The van der Waals surface area contributed by atoms with Crippen LogP contribution < -0.4 is 15.0 Å². The summed E-state index contributed by atoms with van der Waals surface area (Å²) in [6, 6.07) is 14.3. The quantitative estimate of drug-likeness (QED) is 0.683. The maximum Gasteiger partial charge on any atom is 0.202 e. The third-order valence-electron chi connectivity index (χ3n) is 6.03. The van der Waals surface area contributed by atoms with Crippen molar-refractivity contribution in [3.05, 3.63) is 53.6 Å². The fourth-order valence-electron chi connectivity index (χ4n) is 4.65. The van der Waals surface area contributed by atoms with Crippen LogP contribution in [0.3, 0.4) is 0 Å². The van der Waals surface area contributed by atoms with Gasteiger partial charge in [-0.15, -0.1) is 0 Å². The van der Waals surface area contributed by atoms with Crippen LogP contribution >= 0.6 is 12.2 Å². The molecule has 0 aromatic heterocycles. The Bertz CT molecular complexity index is 997. The maximum absolute atomic E-state index is 6.08. The largest absolute Gasteiger partial charge is 0.497 e. The summed E-state index contributed by atoms with van der Waals surface area (Å²) < 4.78 is 11.6. The number of nitrogens with zero attached hydrogens (tertiary/aromatic N) is 2. The summed E-state index contributed by atoms with van der Waals surface area (Å²) in [4.78, 5) is 7.07. The number of aliphatic imine (C=N–C) groups is 1. The summed E-state index contributed by atoms with van der Waals surface area (Å²) in [6.07, 6.45) is 1.57. The fourth-order valence-corrected chi connectivity index (χ4v) is 5.02. The van der Waals surface area contributed by atoms with Gasteiger partial charge in [0, 0.05) is 36.9 Å². The molecule has 30 heavy (non-hydrogen) atoms. The number of anilines is 2. The first-order chi connectivity index (χ1) is 14.3. The third kappa shape index (κ3) is 3.59. The molecule has 0 radical (unpaired) electrons. The van der Waals surface area contributed by atoms with Crippen molar-refractivity contribution in [1.82, 2.24) is 0 Å². The van der Waals surface area contributed by atoms with Crippen LogP contribution in [0.15, 0.2) is 47.5 Å². The average Bonchev–Trinajstić information content (AvgIpc) is 2.94. The molecule has 1 saturated heterocycles. The molecule has 4 rings (SSSR count). The Hall–Kier alpha value is -2.44. The molecule has 0 bridgehead atoms. The number of thiocarbonyl (C=S) groups is 1. The van der Waals surface area contributed by atoms with Crippen LogP contribution in [0, 0.1) is 13.8 Å². The minimum absolute atomic E-state index is 0.293. The van der Waals surface area contributed by atoms with Gasteiger partial charge in [-0.3, -0.25) is 0 Å². The number of amidine groups is 1. The number of aryl methyl sites for hydroxylation is 2. The Balaban J connectivity index is 1.82. The van der Waals surface area contributed by atoms with Gasteiger partial charge in [0.25, 0.3) is 0 Å². The van der Waals surface area contributed by atoms with Crippen LogP contribution in [0.5, 0.6) is 5.75 Å². The van der Waals surface area contributed by atoms with E-state index in [4.69, 9.17) is 26.7 Å². The maximum atomic E-state index is 6.08. The second kappa shape index (κ2) is 7.67. The lowest BCUT2D eigenvalue weighted by Crippen LogP contribution is -2.60. The van der Waals surface area contributed by atoms with Crippen LogP contribution in [0.2, 0.25) is 0 Å². The highest BCUT2D eigenvalue weighted by molar-refractivity contribution is 7.80. The molecule has 6 heteroatoms. The van der Waals surface area contributed by atoms with E-state index in [9.17, 15) is 0 Å². The Morgan fingerprint density at radius 3 is 2.50 bits per heavy atom. The van der Waals surface area contributed by atoms with E-state index in [1.807, 2.05) is 18.2 Å². The predicted molar refractivity (Wildman–Crippen MR) is 127 cm³/mol. The second-order valence-corrected chi connectivity index (χ2v) is 9.10. The highest BCUT2D eigenvalue weighted by Gasteiger charge is 2.54. The zero-order valence-corrected chi connectivity index (χ0v) is 19.1. The molecular formula is C24H29N3O2S. The molecule has 2 aromatic carbocycles. The highest BCUT2D eigenvalue weighted by atomic mass is 32.1. The number of hydrogen-bond donors (Lipinski definition) is 1. The molecule has 2 aliphatic rings. The third-order valence-corrected chi connectivity index (χ3v) is 6.30. The first kappa shape index (κ1) is 20.8. The van der Waals surface area contributed by atoms with Gasteiger partial charge in [-0.2, -0.15) is 0 Å². The van der Waals surface area contributed by atoms with E-state index in [1.54, 1.807) is 7.11 Å². The van der Waals surface area contributed by atoms with Gasteiger partial charge in [-0.05, 0) is 63.2 Å². The summed E-state index contributed by atoms with van der Waals surface area (Å²) in [6.45, 7) is 9.14. The van der Waals surface area contributed by atoms with Gasteiger partial charge in [0.1, 0.15) is 17.1 Å². The summed E-state index contributed by atoms with van der Waals surface area (Å²) >= 11 is 5.81. The van der Waals surface area contributed by atoms with Gasteiger partial charge in [0.05, 0.1) is 12.7 Å². The first-order valence-corrected chi connectivity index (χ1v) is 10.7. The van der Waals surface area contributed by atoms with E-state index in [1.165, 1.54) is 11.1 Å². The summed E-state index contributed by atoms with van der Waals surface area (Å²) in [5, 5.41) is 4.23. The van der Waals surface area contributed by atoms with Crippen LogP contribution in [0.1, 0.15) is 37.8 Å². The number of benzene rings is 2.